The molecule has 1 atom stereocenters. The Morgan fingerprint density at radius 1 is 1.27 bits per heavy atom. The molecule has 15 heavy (non-hydrogen) atoms. The van der Waals surface area contributed by atoms with E-state index in [-0.39, 0.29) is 6.42 Å². The number of ether oxygens (including phenoxy) is 1. The molecule has 0 spiro atoms. The van der Waals surface area contributed by atoms with Crippen molar-refractivity contribution < 1.29 is 4.74 Å². The van der Waals surface area contributed by atoms with Gasteiger partial charge in [0.1, 0.15) is 5.75 Å². The van der Waals surface area contributed by atoms with Crippen molar-refractivity contribution >= 4 is 0 Å². The lowest BCUT2D eigenvalue weighted by atomic mass is 9.81. The standard InChI is InChI=1S/C12H12N2O/c1-12(9-14,7-8-13)10-3-5-11(15-2)6-4-10/h3-6H,7H2,1-2H3/t12-/m0/s1. The molecule has 0 aliphatic carbocycles. The first kappa shape index (κ1) is 11.1. The van der Waals surface area contributed by atoms with Crippen LogP contribution in [0.2, 0.25) is 0 Å². The average Bonchev–Trinajstić information content (AvgIpc) is 2.29. The summed E-state index contributed by atoms with van der Waals surface area (Å²) in [6, 6.07) is 11.4. The minimum atomic E-state index is -0.735. The van der Waals surface area contributed by atoms with Crippen LogP contribution in [0.1, 0.15) is 18.9 Å². The van der Waals surface area contributed by atoms with Gasteiger partial charge in [0.05, 0.1) is 31.1 Å². The van der Waals surface area contributed by atoms with Crippen LogP contribution in [-0.4, -0.2) is 7.11 Å². The molecule has 1 rings (SSSR count). The molecule has 0 radical (unpaired) electrons. The molecule has 0 amide bonds. The van der Waals surface area contributed by atoms with Crippen molar-refractivity contribution in [1.82, 2.24) is 0 Å². The maximum absolute atomic E-state index is 9.06. The number of nitrogens with zero attached hydrogens (tertiary/aromatic N) is 2. The van der Waals surface area contributed by atoms with Crippen molar-refractivity contribution in [2.75, 3.05) is 7.11 Å². The quantitative estimate of drug-likeness (QED) is 0.752. The van der Waals surface area contributed by atoms with Gasteiger partial charge in [0, 0.05) is 0 Å². The number of methoxy groups -OCH3 is 1. The molecular formula is C12H12N2O. The number of nitriles is 2. The Bertz CT molecular complexity index is 411. The van der Waals surface area contributed by atoms with Crippen molar-refractivity contribution in [3.63, 3.8) is 0 Å². The first-order valence-electron chi connectivity index (χ1n) is 4.59. The minimum Gasteiger partial charge on any atom is -0.497 e. The van der Waals surface area contributed by atoms with E-state index in [1.807, 2.05) is 18.2 Å². The van der Waals surface area contributed by atoms with E-state index < -0.39 is 5.41 Å². The molecule has 1 aromatic rings. The summed E-state index contributed by atoms with van der Waals surface area (Å²) in [7, 11) is 1.59. The van der Waals surface area contributed by atoms with Crippen LogP contribution in [-0.2, 0) is 5.41 Å². The van der Waals surface area contributed by atoms with Crippen molar-refractivity contribution in [3.05, 3.63) is 29.8 Å². The van der Waals surface area contributed by atoms with Gasteiger partial charge in [0.2, 0.25) is 0 Å². The lowest BCUT2D eigenvalue weighted by Gasteiger charge is -2.18. The summed E-state index contributed by atoms with van der Waals surface area (Å²) in [4.78, 5) is 0. The van der Waals surface area contributed by atoms with Crippen LogP contribution in [0.4, 0.5) is 0 Å². The molecule has 3 nitrogen and oxygen atoms in total. The van der Waals surface area contributed by atoms with E-state index in [0.29, 0.717) is 0 Å². The first-order valence-corrected chi connectivity index (χ1v) is 4.59. The van der Waals surface area contributed by atoms with E-state index in [9.17, 15) is 0 Å². The van der Waals surface area contributed by atoms with Gasteiger partial charge in [-0.15, -0.1) is 0 Å². The van der Waals surface area contributed by atoms with E-state index in [0.717, 1.165) is 11.3 Å². The lowest BCUT2D eigenvalue weighted by molar-refractivity contribution is 0.414. The zero-order valence-corrected chi connectivity index (χ0v) is 8.82. The van der Waals surface area contributed by atoms with Gasteiger partial charge in [0.15, 0.2) is 0 Å². The maximum atomic E-state index is 9.06. The molecule has 0 aliphatic heterocycles. The number of hydrogen-bond acceptors (Lipinski definition) is 3. The van der Waals surface area contributed by atoms with E-state index in [2.05, 4.69) is 6.07 Å². The summed E-state index contributed by atoms with van der Waals surface area (Å²) in [6.07, 6.45) is 0.190. The van der Waals surface area contributed by atoms with Gasteiger partial charge >= 0.3 is 0 Å². The Hall–Kier alpha value is -2.00. The molecule has 0 saturated heterocycles. The zero-order chi connectivity index (χ0) is 11.3. The highest BCUT2D eigenvalue weighted by atomic mass is 16.5. The minimum absolute atomic E-state index is 0.190. The van der Waals surface area contributed by atoms with Gasteiger partial charge in [-0.3, -0.25) is 0 Å². The molecule has 0 N–H and O–H groups in total. The van der Waals surface area contributed by atoms with Crippen molar-refractivity contribution in [2.24, 2.45) is 0 Å². The molecule has 0 heterocycles. The van der Waals surface area contributed by atoms with Gasteiger partial charge in [0.25, 0.3) is 0 Å². The molecule has 0 aliphatic rings. The summed E-state index contributed by atoms with van der Waals surface area (Å²) in [6.45, 7) is 1.76. The summed E-state index contributed by atoms with van der Waals surface area (Å²) >= 11 is 0. The summed E-state index contributed by atoms with van der Waals surface area (Å²) in [5.41, 5.74) is 0.105. The Labute approximate surface area is 89.5 Å². The van der Waals surface area contributed by atoms with Crippen molar-refractivity contribution in [3.8, 4) is 17.9 Å². The molecular weight excluding hydrogens is 188 g/mol. The van der Waals surface area contributed by atoms with Crippen LogP contribution in [0.15, 0.2) is 24.3 Å². The summed E-state index contributed by atoms with van der Waals surface area (Å²) < 4.78 is 5.03. The van der Waals surface area contributed by atoms with E-state index >= 15 is 0 Å². The Morgan fingerprint density at radius 2 is 1.87 bits per heavy atom. The Morgan fingerprint density at radius 3 is 2.27 bits per heavy atom. The van der Waals surface area contributed by atoms with E-state index in [1.165, 1.54) is 0 Å². The van der Waals surface area contributed by atoms with Gasteiger partial charge in [-0.05, 0) is 24.6 Å². The van der Waals surface area contributed by atoms with E-state index in [4.69, 9.17) is 15.3 Å². The van der Waals surface area contributed by atoms with Gasteiger partial charge in [-0.1, -0.05) is 12.1 Å². The van der Waals surface area contributed by atoms with Crippen LogP contribution in [0.5, 0.6) is 5.75 Å². The van der Waals surface area contributed by atoms with Crippen molar-refractivity contribution in [2.45, 2.75) is 18.8 Å². The number of rotatable bonds is 3. The molecule has 0 aromatic heterocycles. The van der Waals surface area contributed by atoms with Crippen LogP contribution in [0.25, 0.3) is 0 Å². The highest BCUT2D eigenvalue weighted by Gasteiger charge is 2.25. The highest BCUT2D eigenvalue weighted by Crippen LogP contribution is 2.27. The third kappa shape index (κ3) is 2.27. The molecule has 0 saturated carbocycles. The largest absolute Gasteiger partial charge is 0.497 e. The van der Waals surface area contributed by atoms with Gasteiger partial charge < -0.3 is 4.74 Å². The van der Waals surface area contributed by atoms with Gasteiger partial charge in [-0.25, -0.2) is 0 Å². The first-order chi connectivity index (χ1) is 7.16. The fourth-order valence-electron chi connectivity index (χ4n) is 1.32. The molecule has 0 unspecified atom stereocenters. The monoisotopic (exact) mass is 200 g/mol. The molecule has 1 aromatic carbocycles. The van der Waals surface area contributed by atoms with Crippen LogP contribution in [0.3, 0.4) is 0 Å². The second-order valence-electron chi connectivity index (χ2n) is 3.51. The third-order valence-electron chi connectivity index (χ3n) is 2.41. The predicted molar refractivity (Wildman–Crippen MR) is 56.2 cm³/mol. The third-order valence-corrected chi connectivity index (χ3v) is 2.41. The Kier molecular flexibility index (Phi) is 3.31. The molecule has 76 valence electrons. The fraction of sp³-hybridized carbons (Fsp3) is 0.333. The number of hydrogen-bond donors (Lipinski definition) is 0. The molecule has 3 heteroatoms. The lowest BCUT2D eigenvalue weighted by Crippen LogP contribution is -2.18. The van der Waals surface area contributed by atoms with Gasteiger partial charge in [-0.2, -0.15) is 10.5 Å². The second-order valence-corrected chi connectivity index (χ2v) is 3.51. The average molecular weight is 200 g/mol. The Balaban J connectivity index is 3.05. The predicted octanol–water partition coefficient (Wildman–Crippen LogP) is 2.39. The smallest absolute Gasteiger partial charge is 0.118 e. The molecule has 0 fully saturated rings. The fourth-order valence-corrected chi connectivity index (χ4v) is 1.32. The number of benzene rings is 1. The zero-order valence-electron chi connectivity index (χ0n) is 8.82. The van der Waals surface area contributed by atoms with Crippen LogP contribution >= 0.6 is 0 Å². The highest BCUT2D eigenvalue weighted by molar-refractivity contribution is 5.36. The second kappa shape index (κ2) is 4.48. The topological polar surface area (TPSA) is 56.8 Å². The van der Waals surface area contributed by atoms with Crippen molar-refractivity contribution in [1.29, 1.82) is 10.5 Å². The maximum Gasteiger partial charge on any atom is 0.118 e. The molecule has 0 bridgehead atoms. The van der Waals surface area contributed by atoms with Crippen LogP contribution < -0.4 is 4.74 Å². The van der Waals surface area contributed by atoms with Crippen LogP contribution in [0, 0.1) is 22.7 Å². The SMILES string of the molecule is COc1ccc([C@](C)(C#N)CC#N)cc1. The normalized spacial score (nSPS) is 13.3. The summed E-state index contributed by atoms with van der Waals surface area (Å²) in [5, 5.41) is 17.7. The van der Waals surface area contributed by atoms with E-state index in [1.54, 1.807) is 26.2 Å². The summed E-state index contributed by atoms with van der Waals surface area (Å²) in [5.74, 6) is 0.746.